The monoisotopic (exact) mass is 308 g/mol. The van der Waals surface area contributed by atoms with E-state index in [1.165, 1.54) is 6.07 Å². The normalized spacial score (nSPS) is 21.6. The molecule has 1 amide bonds. The van der Waals surface area contributed by atoms with Crippen LogP contribution in [0.15, 0.2) is 24.3 Å². The molecule has 1 saturated carbocycles. The number of nitrogens with one attached hydrogen (secondary N) is 2. The van der Waals surface area contributed by atoms with Crippen molar-refractivity contribution in [1.82, 2.24) is 10.6 Å². The Bertz CT molecular complexity index is 514. The molecule has 0 aliphatic heterocycles. The van der Waals surface area contributed by atoms with Crippen LogP contribution in [0.4, 0.5) is 9.18 Å². The second kappa shape index (κ2) is 7.09. The Balaban J connectivity index is 1.74. The lowest BCUT2D eigenvalue weighted by Crippen LogP contribution is -2.39. The molecule has 1 fully saturated rings. The van der Waals surface area contributed by atoms with E-state index in [9.17, 15) is 9.18 Å². The molecule has 1 aliphatic carbocycles. The Kier molecular flexibility index (Phi) is 5.40. The van der Waals surface area contributed by atoms with Gasteiger partial charge in [0.15, 0.2) is 0 Å². The van der Waals surface area contributed by atoms with Gasteiger partial charge in [0.25, 0.3) is 0 Å². The summed E-state index contributed by atoms with van der Waals surface area (Å²) in [5, 5.41) is 6.26. The first kappa shape index (κ1) is 16.7. The number of benzene rings is 1. The van der Waals surface area contributed by atoms with Crippen LogP contribution in [0.3, 0.4) is 0 Å². The third kappa shape index (κ3) is 5.30. The summed E-state index contributed by atoms with van der Waals surface area (Å²) in [4.78, 5) is 11.7. The second-order valence-electron chi connectivity index (χ2n) is 6.83. The predicted octanol–water partition coefficient (Wildman–Crippen LogP) is 3.36. The van der Waals surface area contributed by atoms with E-state index in [0.717, 1.165) is 19.3 Å². The van der Waals surface area contributed by atoms with Crippen LogP contribution in [0.5, 0.6) is 0 Å². The zero-order valence-electron chi connectivity index (χ0n) is 13.5. The molecule has 0 aromatic heterocycles. The van der Waals surface area contributed by atoms with Crippen LogP contribution in [-0.2, 0) is 11.3 Å². The van der Waals surface area contributed by atoms with Crippen LogP contribution in [0.2, 0.25) is 0 Å². The summed E-state index contributed by atoms with van der Waals surface area (Å²) in [6, 6.07) is 7.19. The third-order valence-corrected chi connectivity index (χ3v) is 3.69. The zero-order chi connectivity index (χ0) is 16.2. The van der Waals surface area contributed by atoms with Crippen LogP contribution >= 0.6 is 0 Å². The van der Waals surface area contributed by atoms with Gasteiger partial charge in [-0.3, -0.25) is 0 Å². The summed E-state index contributed by atoms with van der Waals surface area (Å²) < 4.78 is 18.8. The average Bonchev–Trinajstić information content (AvgIpc) is 2.83. The van der Waals surface area contributed by atoms with Crippen molar-refractivity contribution >= 4 is 6.09 Å². The second-order valence-corrected chi connectivity index (χ2v) is 6.83. The molecule has 2 rings (SSSR count). The number of ether oxygens (including phenoxy) is 1. The molecule has 22 heavy (non-hydrogen) atoms. The number of rotatable bonds is 4. The van der Waals surface area contributed by atoms with E-state index in [-0.39, 0.29) is 18.0 Å². The standard InChI is InChI=1S/C17H25FN2O2/c1-17(2,3)22-16(21)20-14-9-8-13(10-14)19-11-12-6-4-5-7-15(12)18/h4-7,13-14,19H,8-11H2,1-3H3,(H,20,21). The number of hydrogen-bond donors (Lipinski definition) is 2. The Morgan fingerprint density at radius 3 is 2.64 bits per heavy atom. The fraction of sp³-hybridized carbons (Fsp3) is 0.588. The highest BCUT2D eigenvalue weighted by atomic mass is 19.1. The Morgan fingerprint density at radius 1 is 1.27 bits per heavy atom. The molecule has 4 nitrogen and oxygen atoms in total. The van der Waals surface area contributed by atoms with Crippen LogP contribution < -0.4 is 10.6 Å². The van der Waals surface area contributed by atoms with Gasteiger partial charge >= 0.3 is 6.09 Å². The van der Waals surface area contributed by atoms with Gasteiger partial charge in [0.05, 0.1) is 0 Å². The van der Waals surface area contributed by atoms with Crippen molar-refractivity contribution in [3.05, 3.63) is 35.6 Å². The molecule has 1 aromatic carbocycles. The summed E-state index contributed by atoms with van der Waals surface area (Å²) in [5.41, 5.74) is 0.191. The largest absolute Gasteiger partial charge is 0.444 e. The van der Waals surface area contributed by atoms with E-state index < -0.39 is 5.60 Å². The van der Waals surface area contributed by atoms with E-state index in [1.54, 1.807) is 12.1 Å². The van der Waals surface area contributed by atoms with Crippen molar-refractivity contribution < 1.29 is 13.9 Å². The highest BCUT2D eigenvalue weighted by Gasteiger charge is 2.27. The molecule has 122 valence electrons. The molecule has 0 heterocycles. The predicted molar refractivity (Wildman–Crippen MR) is 84.0 cm³/mol. The number of amides is 1. The topological polar surface area (TPSA) is 50.4 Å². The number of carbonyl (C=O) groups is 1. The zero-order valence-corrected chi connectivity index (χ0v) is 13.5. The van der Waals surface area contributed by atoms with Crippen molar-refractivity contribution in [3.8, 4) is 0 Å². The van der Waals surface area contributed by atoms with E-state index in [1.807, 2.05) is 26.8 Å². The molecule has 5 heteroatoms. The van der Waals surface area contributed by atoms with Gasteiger partial charge in [-0.1, -0.05) is 18.2 Å². The first-order valence-electron chi connectivity index (χ1n) is 7.80. The Labute approximate surface area is 131 Å². The maximum absolute atomic E-state index is 13.6. The Morgan fingerprint density at radius 2 is 1.95 bits per heavy atom. The molecule has 0 saturated heterocycles. The van der Waals surface area contributed by atoms with E-state index >= 15 is 0 Å². The highest BCUT2D eigenvalue weighted by molar-refractivity contribution is 5.68. The van der Waals surface area contributed by atoms with Crippen LogP contribution in [0.25, 0.3) is 0 Å². The van der Waals surface area contributed by atoms with Gasteiger partial charge in [-0.25, -0.2) is 9.18 Å². The fourth-order valence-electron chi connectivity index (χ4n) is 2.67. The lowest BCUT2D eigenvalue weighted by atomic mass is 10.2. The number of halogens is 1. The van der Waals surface area contributed by atoms with E-state index in [0.29, 0.717) is 18.2 Å². The SMILES string of the molecule is CC(C)(C)OC(=O)NC1CCC(NCc2ccccc2F)C1. The minimum Gasteiger partial charge on any atom is -0.444 e. The molecule has 0 bridgehead atoms. The van der Waals surface area contributed by atoms with E-state index in [2.05, 4.69) is 10.6 Å². The van der Waals surface area contributed by atoms with Crippen LogP contribution in [0.1, 0.15) is 45.6 Å². The van der Waals surface area contributed by atoms with Crippen molar-refractivity contribution in [2.75, 3.05) is 0 Å². The summed E-state index contributed by atoms with van der Waals surface area (Å²) in [6.45, 7) is 6.05. The third-order valence-electron chi connectivity index (χ3n) is 3.69. The molecule has 2 unspecified atom stereocenters. The van der Waals surface area contributed by atoms with Gasteiger partial charge in [-0.15, -0.1) is 0 Å². The minimum atomic E-state index is -0.481. The summed E-state index contributed by atoms with van der Waals surface area (Å²) in [6.07, 6.45) is 2.35. The maximum Gasteiger partial charge on any atom is 0.407 e. The highest BCUT2D eigenvalue weighted by Crippen LogP contribution is 2.20. The van der Waals surface area contributed by atoms with Crippen molar-refractivity contribution in [1.29, 1.82) is 0 Å². The van der Waals surface area contributed by atoms with Crippen molar-refractivity contribution in [3.63, 3.8) is 0 Å². The number of alkyl carbamates (subject to hydrolysis) is 1. The molecular weight excluding hydrogens is 283 g/mol. The quantitative estimate of drug-likeness (QED) is 0.896. The first-order valence-corrected chi connectivity index (χ1v) is 7.80. The lowest BCUT2D eigenvalue weighted by Gasteiger charge is -2.21. The average molecular weight is 308 g/mol. The number of hydrogen-bond acceptors (Lipinski definition) is 3. The molecule has 2 atom stereocenters. The molecule has 0 spiro atoms. The molecule has 1 aliphatic rings. The van der Waals surface area contributed by atoms with Gasteiger partial charge in [0, 0.05) is 24.2 Å². The van der Waals surface area contributed by atoms with Crippen molar-refractivity contribution in [2.45, 2.75) is 64.3 Å². The molecular formula is C17H25FN2O2. The fourth-order valence-corrected chi connectivity index (χ4v) is 2.67. The van der Waals surface area contributed by atoms with Crippen molar-refractivity contribution in [2.24, 2.45) is 0 Å². The van der Waals surface area contributed by atoms with Crippen LogP contribution in [-0.4, -0.2) is 23.8 Å². The first-order chi connectivity index (χ1) is 10.3. The summed E-state index contributed by atoms with van der Waals surface area (Å²) in [7, 11) is 0. The smallest absolute Gasteiger partial charge is 0.407 e. The Hall–Kier alpha value is -1.62. The van der Waals surface area contributed by atoms with Gasteiger partial charge in [0.2, 0.25) is 0 Å². The molecule has 0 radical (unpaired) electrons. The van der Waals surface area contributed by atoms with Crippen LogP contribution in [0, 0.1) is 5.82 Å². The summed E-state index contributed by atoms with van der Waals surface area (Å²) >= 11 is 0. The van der Waals surface area contributed by atoms with Gasteiger partial charge in [-0.2, -0.15) is 0 Å². The molecule has 1 aromatic rings. The van der Waals surface area contributed by atoms with Gasteiger partial charge in [-0.05, 0) is 46.1 Å². The van der Waals surface area contributed by atoms with Gasteiger partial charge < -0.3 is 15.4 Å². The lowest BCUT2D eigenvalue weighted by molar-refractivity contribution is 0.0505. The molecule has 2 N–H and O–H groups in total. The maximum atomic E-state index is 13.6. The van der Waals surface area contributed by atoms with E-state index in [4.69, 9.17) is 4.74 Å². The van der Waals surface area contributed by atoms with Gasteiger partial charge in [0.1, 0.15) is 11.4 Å². The minimum absolute atomic E-state index is 0.118. The summed E-state index contributed by atoms with van der Waals surface area (Å²) in [5.74, 6) is -0.184. The number of carbonyl (C=O) groups excluding carboxylic acids is 1.